The Morgan fingerprint density at radius 3 is 2.13 bits per heavy atom. The van der Waals surface area contributed by atoms with Crippen LogP contribution in [0.25, 0.3) is 0 Å². The molecule has 1 aromatic rings. The summed E-state index contributed by atoms with van der Waals surface area (Å²) in [5, 5.41) is 10.7. The summed E-state index contributed by atoms with van der Waals surface area (Å²) in [7, 11) is 0.747. The minimum Gasteiger partial charge on any atom is -0.464 e. The van der Waals surface area contributed by atoms with Crippen LogP contribution in [0.5, 0.6) is 0 Å². The van der Waals surface area contributed by atoms with E-state index in [0.717, 1.165) is 32.6 Å². The van der Waals surface area contributed by atoms with E-state index in [9.17, 15) is 27.9 Å². The van der Waals surface area contributed by atoms with E-state index in [1.54, 1.807) is 0 Å². The molecule has 0 aliphatic carbocycles. The van der Waals surface area contributed by atoms with Gasteiger partial charge in [-0.15, -0.1) is 0 Å². The molecule has 1 rings (SSSR count). The Morgan fingerprint density at radius 2 is 1.67 bits per heavy atom. The first-order valence-corrected chi connectivity index (χ1v) is 9.77. The maximum absolute atomic E-state index is 14.1. The lowest BCUT2D eigenvalue weighted by Crippen LogP contribution is -2.56. The molecule has 0 spiro atoms. The zero-order chi connectivity index (χ0) is 23.0. The Balaban J connectivity index is 3.36. The van der Waals surface area contributed by atoms with Crippen molar-refractivity contribution in [2.75, 3.05) is 13.7 Å². The van der Waals surface area contributed by atoms with Crippen molar-refractivity contribution in [3.63, 3.8) is 0 Å². The third kappa shape index (κ3) is 5.51. The van der Waals surface area contributed by atoms with E-state index in [-0.39, 0.29) is 13.0 Å². The Hall–Kier alpha value is -2.13. The highest BCUT2D eigenvalue weighted by molar-refractivity contribution is 5.84. The second kappa shape index (κ2) is 10.8. The first-order valence-electron chi connectivity index (χ1n) is 9.77. The maximum atomic E-state index is 14.1. The first-order chi connectivity index (χ1) is 14.0. The van der Waals surface area contributed by atoms with Crippen LogP contribution in [0, 0.1) is 0 Å². The van der Waals surface area contributed by atoms with Gasteiger partial charge in [-0.05, 0) is 26.7 Å². The van der Waals surface area contributed by atoms with E-state index in [1.807, 2.05) is 6.92 Å². The number of alkyl halides is 3. The molecule has 0 radical (unpaired) electrons. The van der Waals surface area contributed by atoms with Crippen LogP contribution >= 0.6 is 0 Å². The number of ether oxygens (including phenoxy) is 3. The highest BCUT2D eigenvalue weighted by Gasteiger charge is 2.65. The predicted molar refractivity (Wildman–Crippen MR) is 102 cm³/mol. The molecule has 0 aromatic heterocycles. The second-order valence-corrected chi connectivity index (χ2v) is 7.01. The van der Waals surface area contributed by atoms with Crippen molar-refractivity contribution in [2.24, 2.45) is 0 Å². The first kappa shape index (κ1) is 25.9. The maximum Gasteiger partial charge on any atom is 0.432 e. The number of methoxy groups -OCH3 is 1. The molecular weight excluding hydrogens is 405 g/mol. The van der Waals surface area contributed by atoms with Crippen LogP contribution in [0.1, 0.15) is 52.0 Å². The quantitative estimate of drug-likeness (QED) is 0.420. The van der Waals surface area contributed by atoms with E-state index in [2.05, 4.69) is 0 Å². The van der Waals surface area contributed by atoms with Crippen LogP contribution in [-0.2, 0) is 29.4 Å². The van der Waals surface area contributed by atoms with Crippen LogP contribution in [0.4, 0.5) is 13.2 Å². The van der Waals surface area contributed by atoms with Gasteiger partial charge < -0.3 is 19.3 Å². The van der Waals surface area contributed by atoms with Crippen molar-refractivity contribution < 1.29 is 42.1 Å². The van der Waals surface area contributed by atoms with Crippen molar-refractivity contribution in [3.8, 4) is 0 Å². The molecule has 0 aliphatic heterocycles. The van der Waals surface area contributed by atoms with Gasteiger partial charge in [0.15, 0.2) is 5.60 Å². The molecule has 3 atom stereocenters. The Labute approximate surface area is 174 Å². The van der Waals surface area contributed by atoms with Gasteiger partial charge in [0.1, 0.15) is 6.10 Å². The topological polar surface area (TPSA) is 82.1 Å². The molecular formula is C21H29F3O6. The molecule has 0 saturated carbocycles. The normalized spacial score (nSPS) is 16.8. The number of hydrogen-bond donors (Lipinski definition) is 1. The van der Waals surface area contributed by atoms with Crippen molar-refractivity contribution >= 4 is 11.9 Å². The fourth-order valence-electron chi connectivity index (χ4n) is 3.04. The molecule has 1 N–H and O–H groups in total. The van der Waals surface area contributed by atoms with Crippen molar-refractivity contribution in [1.29, 1.82) is 0 Å². The van der Waals surface area contributed by atoms with Crippen molar-refractivity contribution in [1.82, 2.24) is 0 Å². The summed E-state index contributed by atoms with van der Waals surface area (Å²) < 4.78 is 56.8. The lowest BCUT2D eigenvalue weighted by atomic mass is 9.91. The van der Waals surface area contributed by atoms with Gasteiger partial charge >= 0.3 is 18.1 Å². The average molecular weight is 434 g/mol. The molecule has 0 heterocycles. The van der Waals surface area contributed by atoms with Crippen LogP contribution < -0.4 is 0 Å². The Bertz CT molecular complexity index is 690. The largest absolute Gasteiger partial charge is 0.464 e. The number of carbonyl (C=O) groups is 2. The summed E-state index contributed by atoms with van der Waals surface area (Å²) in [5.41, 5.74) is -6.23. The van der Waals surface area contributed by atoms with Gasteiger partial charge in [-0.3, -0.25) is 0 Å². The average Bonchev–Trinajstić information content (AvgIpc) is 2.68. The van der Waals surface area contributed by atoms with Gasteiger partial charge in [0.2, 0.25) is 0 Å². The van der Waals surface area contributed by atoms with E-state index in [1.165, 1.54) is 25.1 Å². The van der Waals surface area contributed by atoms with Crippen LogP contribution in [-0.4, -0.2) is 48.6 Å². The van der Waals surface area contributed by atoms with Gasteiger partial charge in [0, 0.05) is 12.7 Å². The molecule has 0 amide bonds. The molecule has 30 heavy (non-hydrogen) atoms. The lowest BCUT2D eigenvalue weighted by Gasteiger charge is -2.36. The minimum atomic E-state index is -5.16. The molecule has 0 fully saturated rings. The molecule has 6 nitrogen and oxygen atoms in total. The molecule has 170 valence electrons. The number of unbranched alkanes of at least 4 members (excludes halogenated alkanes) is 2. The zero-order valence-corrected chi connectivity index (χ0v) is 17.6. The number of aliphatic hydroxyl groups is 1. The Morgan fingerprint density at radius 1 is 1.07 bits per heavy atom. The van der Waals surface area contributed by atoms with Gasteiger partial charge in [-0.1, -0.05) is 50.1 Å². The second-order valence-electron chi connectivity index (χ2n) is 7.01. The van der Waals surface area contributed by atoms with Crippen molar-refractivity contribution in [3.05, 3.63) is 35.9 Å². The summed E-state index contributed by atoms with van der Waals surface area (Å²) in [4.78, 5) is 25.1. The smallest absolute Gasteiger partial charge is 0.432 e. The monoisotopic (exact) mass is 434 g/mol. The number of halogens is 3. The molecule has 9 heteroatoms. The SMILES string of the molecule is CCCCC[C@@H](OC(=O)[C@](OC)(c1ccccc1)C(F)(F)F)[C@](C)(O)C(=O)OCC. The lowest BCUT2D eigenvalue weighted by molar-refractivity contribution is -0.281. The van der Waals surface area contributed by atoms with Gasteiger partial charge in [0.05, 0.1) is 6.61 Å². The number of rotatable bonds is 11. The van der Waals surface area contributed by atoms with Gasteiger partial charge in [0.25, 0.3) is 5.60 Å². The molecule has 0 bridgehead atoms. The fraction of sp³-hybridized carbons (Fsp3) is 0.619. The van der Waals surface area contributed by atoms with E-state index >= 15 is 0 Å². The van der Waals surface area contributed by atoms with Crippen LogP contribution in [0.15, 0.2) is 30.3 Å². The summed E-state index contributed by atoms with van der Waals surface area (Å²) in [6, 6.07) is 6.33. The minimum absolute atomic E-state index is 0.0299. The number of benzene rings is 1. The van der Waals surface area contributed by atoms with E-state index in [4.69, 9.17) is 14.2 Å². The number of carbonyl (C=O) groups excluding carboxylic acids is 2. The van der Waals surface area contributed by atoms with Gasteiger partial charge in [-0.2, -0.15) is 13.2 Å². The van der Waals surface area contributed by atoms with Gasteiger partial charge in [-0.25, -0.2) is 9.59 Å². The summed E-state index contributed by atoms with van der Waals surface area (Å²) in [6.45, 7) is 4.42. The predicted octanol–water partition coefficient (Wildman–Crippen LogP) is 3.90. The highest BCUT2D eigenvalue weighted by Crippen LogP contribution is 2.43. The standard InChI is InChI=1S/C21H29F3O6/c1-5-7-9-14-16(19(3,27)17(25)29-6-2)30-18(26)20(28-4,21(22,23)24)15-12-10-8-11-13-15/h8,10-13,16,27H,5-7,9,14H2,1-4H3/t16-,19+,20-/m1/s1. The third-order valence-corrected chi connectivity index (χ3v) is 4.81. The molecule has 0 unspecified atom stereocenters. The number of esters is 2. The van der Waals surface area contributed by atoms with Crippen LogP contribution in [0.2, 0.25) is 0 Å². The summed E-state index contributed by atoms with van der Waals surface area (Å²) >= 11 is 0. The number of hydrogen-bond acceptors (Lipinski definition) is 6. The van der Waals surface area contributed by atoms with E-state index < -0.39 is 41.0 Å². The van der Waals surface area contributed by atoms with E-state index in [0.29, 0.717) is 12.8 Å². The third-order valence-electron chi connectivity index (χ3n) is 4.81. The van der Waals surface area contributed by atoms with Crippen molar-refractivity contribution in [2.45, 2.75) is 69.9 Å². The summed E-state index contributed by atoms with van der Waals surface area (Å²) in [5.74, 6) is -2.86. The Kier molecular flexibility index (Phi) is 9.30. The molecule has 0 aliphatic rings. The highest BCUT2D eigenvalue weighted by atomic mass is 19.4. The molecule has 1 aromatic carbocycles. The molecule has 0 saturated heterocycles. The summed E-state index contributed by atoms with van der Waals surface area (Å²) in [6.07, 6.45) is -4.89. The van der Waals surface area contributed by atoms with Crippen LogP contribution in [0.3, 0.4) is 0 Å². The zero-order valence-electron chi connectivity index (χ0n) is 17.6. The fourth-order valence-corrected chi connectivity index (χ4v) is 3.04.